The fourth-order valence-electron chi connectivity index (χ4n) is 1.87. The second-order valence-electron chi connectivity index (χ2n) is 4.12. The molecular formula is C15H17NO2. The summed E-state index contributed by atoms with van der Waals surface area (Å²) in [6.45, 7) is 0.475. The van der Waals surface area contributed by atoms with Crippen LogP contribution in [0, 0.1) is 0 Å². The lowest BCUT2D eigenvalue weighted by Gasteiger charge is -2.13. The van der Waals surface area contributed by atoms with Crippen LogP contribution in [0.4, 0.5) is 0 Å². The molecule has 0 fully saturated rings. The third-order valence-electron chi connectivity index (χ3n) is 2.93. The molecule has 0 saturated heterocycles. The molecule has 3 heteroatoms. The minimum absolute atomic E-state index is 0.475. The first-order chi connectivity index (χ1) is 8.74. The summed E-state index contributed by atoms with van der Waals surface area (Å²) in [5.74, 6) is 0.779. The van der Waals surface area contributed by atoms with Crippen LogP contribution < -0.4 is 10.5 Å². The van der Waals surface area contributed by atoms with Crippen LogP contribution >= 0.6 is 0 Å². The Balaban J connectivity index is 2.25. The van der Waals surface area contributed by atoms with Crippen molar-refractivity contribution in [2.45, 2.75) is 12.6 Å². The van der Waals surface area contributed by atoms with E-state index in [-0.39, 0.29) is 0 Å². The first kappa shape index (κ1) is 12.6. The summed E-state index contributed by atoms with van der Waals surface area (Å²) in [5, 5.41) is 10.3. The number of benzene rings is 2. The van der Waals surface area contributed by atoms with Crippen LogP contribution in [0.3, 0.4) is 0 Å². The van der Waals surface area contributed by atoms with Crippen LogP contribution in [0.1, 0.15) is 22.8 Å². The van der Waals surface area contributed by atoms with Crippen LogP contribution in [0.5, 0.6) is 5.75 Å². The molecule has 1 unspecified atom stereocenters. The molecule has 2 aromatic carbocycles. The zero-order valence-electron chi connectivity index (χ0n) is 10.3. The molecule has 3 nitrogen and oxygen atoms in total. The Morgan fingerprint density at radius 3 is 2.44 bits per heavy atom. The highest BCUT2D eigenvalue weighted by atomic mass is 16.5. The SMILES string of the molecule is COc1ccc(C(O)c2cccc(CN)c2)cc1. The van der Waals surface area contributed by atoms with E-state index in [1.54, 1.807) is 7.11 Å². The van der Waals surface area contributed by atoms with Gasteiger partial charge in [-0.2, -0.15) is 0 Å². The molecule has 0 heterocycles. The van der Waals surface area contributed by atoms with Crippen molar-refractivity contribution in [3.05, 3.63) is 65.2 Å². The molecule has 0 aliphatic carbocycles. The number of hydrogen-bond donors (Lipinski definition) is 2. The average molecular weight is 243 g/mol. The van der Waals surface area contributed by atoms with Gasteiger partial charge in [0, 0.05) is 6.54 Å². The Morgan fingerprint density at radius 1 is 1.11 bits per heavy atom. The van der Waals surface area contributed by atoms with E-state index < -0.39 is 6.10 Å². The third-order valence-corrected chi connectivity index (χ3v) is 2.93. The highest BCUT2D eigenvalue weighted by molar-refractivity contribution is 5.35. The predicted octanol–water partition coefficient (Wildman–Crippen LogP) is 2.24. The number of methoxy groups -OCH3 is 1. The fraction of sp³-hybridized carbons (Fsp3) is 0.200. The van der Waals surface area contributed by atoms with Crippen molar-refractivity contribution in [3.8, 4) is 5.75 Å². The summed E-state index contributed by atoms with van der Waals surface area (Å²) in [6, 6.07) is 15.1. The Hall–Kier alpha value is -1.84. The lowest BCUT2D eigenvalue weighted by molar-refractivity contribution is 0.220. The average Bonchev–Trinajstić information content (AvgIpc) is 2.46. The molecule has 0 radical (unpaired) electrons. The van der Waals surface area contributed by atoms with Gasteiger partial charge in [-0.25, -0.2) is 0 Å². The van der Waals surface area contributed by atoms with E-state index >= 15 is 0 Å². The molecule has 0 saturated carbocycles. The molecule has 0 amide bonds. The molecule has 0 bridgehead atoms. The third kappa shape index (κ3) is 2.70. The molecule has 0 spiro atoms. The molecule has 0 aliphatic rings. The second kappa shape index (κ2) is 5.67. The van der Waals surface area contributed by atoms with E-state index in [1.807, 2.05) is 48.5 Å². The molecule has 1 atom stereocenters. The number of aliphatic hydroxyl groups is 1. The first-order valence-electron chi connectivity index (χ1n) is 5.85. The number of hydrogen-bond acceptors (Lipinski definition) is 3. The molecular weight excluding hydrogens is 226 g/mol. The van der Waals surface area contributed by atoms with Gasteiger partial charge >= 0.3 is 0 Å². The first-order valence-corrected chi connectivity index (χ1v) is 5.85. The molecule has 3 N–H and O–H groups in total. The van der Waals surface area contributed by atoms with Gasteiger partial charge in [0.1, 0.15) is 11.9 Å². The summed E-state index contributed by atoms with van der Waals surface area (Å²) in [5.41, 5.74) is 8.30. The van der Waals surface area contributed by atoms with Gasteiger partial charge in [0.15, 0.2) is 0 Å². The number of ether oxygens (including phenoxy) is 1. The number of aliphatic hydroxyl groups excluding tert-OH is 1. The second-order valence-corrected chi connectivity index (χ2v) is 4.12. The van der Waals surface area contributed by atoms with E-state index in [0.29, 0.717) is 6.54 Å². The Bertz CT molecular complexity index is 508. The van der Waals surface area contributed by atoms with Crippen molar-refractivity contribution >= 4 is 0 Å². The summed E-state index contributed by atoms with van der Waals surface area (Å²) in [4.78, 5) is 0. The maximum atomic E-state index is 10.3. The predicted molar refractivity (Wildman–Crippen MR) is 71.4 cm³/mol. The smallest absolute Gasteiger partial charge is 0.118 e. The molecule has 94 valence electrons. The highest BCUT2D eigenvalue weighted by Gasteiger charge is 2.10. The normalized spacial score (nSPS) is 12.2. The largest absolute Gasteiger partial charge is 0.497 e. The van der Waals surface area contributed by atoms with Crippen LogP contribution in [0.2, 0.25) is 0 Å². The molecule has 0 aliphatic heterocycles. The van der Waals surface area contributed by atoms with Crippen molar-refractivity contribution in [3.63, 3.8) is 0 Å². The van der Waals surface area contributed by atoms with Gasteiger partial charge in [-0.15, -0.1) is 0 Å². The molecule has 2 aromatic rings. The van der Waals surface area contributed by atoms with Crippen LogP contribution in [-0.4, -0.2) is 12.2 Å². The van der Waals surface area contributed by atoms with Gasteiger partial charge in [-0.05, 0) is 28.8 Å². The summed E-state index contributed by atoms with van der Waals surface area (Å²) in [7, 11) is 1.62. The van der Waals surface area contributed by atoms with Crippen molar-refractivity contribution < 1.29 is 9.84 Å². The molecule has 18 heavy (non-hydrogen) atoms. The van der Waals surface area contributed by atoms with Crippen LogP contribution in [0.15, 0.2) is 48.5 Å². The standard InChI is InChI=1S/C15H17NO2/c1-18-14-7-5-12(6-8-14)15(17)13-4-2-3-11(9-13)10-16/h2-9,15,17H,10,16H2,1H3. The van der Waals surface area contributed by atoms with Crippen LogP contribution in [-0.2, 0) is 6.54 Å². The van der Waals surface area contributed by atoms with E-state index in [9.17, 15) is 5.11 Å². The zero-order chi connectivity index (χ0) is 13.0. The topological polar surface area (TPSA) is 55.5 Å². The van der Waals surface area contributed by atoms with Gasteiger partial charge in [0.05, 0.1) is 7.11 Å². The Morgan fingerprint density at radius 2 is 1.83 bits per heavy atom. The molecule has 0 aromatic heterocycles. The minimum atomic E-state index is -0.637. The summed E-state index contributed by atoms with van der Waals surface area (Å²) >= 11 is 0. The number of rotatable bonds is 4. The van der Waals surface area contributed by atoms with Crippen molar-refractivity contribution in [2.75, 3.05) is 7.11 Å². The lowest BCUT2D eigenvalue weighted by Crippen LogP contribution is -2.02. The van der Waals surface area contributed by atoms with E-state index in [0.717, 1.165) is 22.4 Å². The van der Waals surface area contributed by atoms with Gasteiger partial charge in [-0.1, -0.05) is 36.4 Å². The maximum Gasteiger partial charge on any atom is 0.118 e. The molecule has 2 rings (SSSR count). The highest BCUT2D eigenvalue weighted by Crippen LogP contribution is 2.24. The fourth-order valence-corrected chi connectivity index (χ4v) is 1.87. The van der Waals surface area contributed by atoms with E-state index in [4.69, 9.17) is 10.5 Å². The summed E-state index contributed by atoms with van der Waals surface area (Å²) in [6.07, 6.45) is -0.637. The summed E-state index contributed by atoms with van der Waals surface area (Å²) < 4.78 is 5.09. The van der Waals surface area contributed by atoms with E-state index in [2.05, 4.69) is 0 Å². The zero-order valence-corrected chi connectivity index (χ0v) is 10.3. The monoisotopic (exact) mass is 243 g/mol. The van der Waals surface area contributed by atoms with Crippen molar-refractivity contribution in [2.24, 2.45) is 5.73 Å². The van der Waals surface area contributed by atoms with Gasteiger partial charge < -0.3 is 15.6 Å². The van der Waals surface area contributed by atoms with Gasteiger partial charge in [-0.3, -0.25) is 0 Å². The van der Waals surface area contributed by atoms with E-state index in [1.165, 1.54) is 0 Å². The van der Waals surface area contributed by atoms with Crippen LogP contribution in [0.25, 0.3) is 0 Å². The lowest BCUT2D eigenvalue weighted by atomic mass is 10.00. The number of nitrogens with two attached hydrogens (primary N) is 1. The Kier molecular flexibility index (Phi) is 3.97. The minimum Gasteiger partial charge on any atom is -0.497 e. The Labute approximate surface area is 107 Å². The van der Waals surface area contributed by atoms with Gasteiger partial charge in [0.2, 0.25) is 0 Å². The van der Waals surface area contributed by atoms with Crippen molar-refractivity contribution in [1.29, 1.82) is 0 Å². The quantitative estimate of drug-likeness (QED) is 0.865. The van der Waals surface area contributed by atoms with Crippen molar-refractivity contribution in [1.82, 2.24) is 0 Å². The maximum absolute atomic E-state index is 10.3. The van der Waals surface area contributed by atoms with Gasteiger partial charge in [0.25, 0.3) is 0 Å².